The van der Waals surface area contributed by atoms with Gasteiger partial charge >= 0.3 is 0 Å². The zero-order valence-corrected chi connectivity index (χ0v) is 10.2. The average molecular weight is 227 g/mol. The molecule has 1 aromatic heterocycles. The molecule has 0 radical (unpaired) electrons. The molecule has 1 aromatic carbocycles. The fourth-order valence-electron chi connectivity index (χ4n) is 1.65. The zero-order valence-electron chi connectivity index (χ0n) is 10.2. The van der Waals surface area contributed by atoms with Crippen LogP contribution in [0.1, 0.15) is 25.5 Å². The van der Waals surface area contributed by atoms with Crippen LogP contribution in [0.3, 0.4) is 0 Å². The van der Waals surface area contributed by atoms with Crippen molar-refractivity contribution < 1.29 is 0 Å². The number of hydrogen-bond donors (Lipinski definition) is 0. The van der Waals surface area contributed by atoms with Crippen LogP contribution >= 0.6 is 0 Å². The van der Waals surface area contributed by atoms with E-state index < -0.39 is 0 Å². The molecule has 0 amide bonds. The van der Waals surface area contributed by atoms with Crippen LogP contribution in [0.2, 0.25) is 0 Å². The molecule has 0 aliphatic rings. The third kappa shape index (κ3) is 3.03. The van der Waals surface area contributed by atoms with Crippen molar-refractivity contribution in [2.24, 2.45) is 4.99 Å². The van der Waals surface area contributed by atoms with Crippen molar-refractivity contribution >= 4 is 0 Å². The smallest absolute Gasteiger partial charge is 0.225 e. The van der Waals surface area contributed by atoms with Crippen LogP contribution in [0.4, 0.5) is 0 Å². The summed E-state index contributed by atoms with van der Waals surface area (Å²) < 4.78 is 2.07. The van der Waals surface area contributed by atoms with E-state index in [0.29, 0.717) is 12.6 Å². The second-order valence-corrected chi connectivity index (χ2v) is 4.22. The van der Waals surface area contributed by atoms with Crippen LogP contribution in [0.5, 0.6) is 0 Å². The summed E-state index contributed by atoms with van der Waals surface area (Å²) in [5.41, 5.74) is 1.99. The lowest BCUT2D eigenvalue weighted by molar-refractivity contribution is 0.548. The van der Waals surface area contributed by atoms with Crippen molar-refractivity contribution in [2.45, 2.75) is 26.4 Å². The largest absolute Gasteiger partial charge is 0.315 e. The Hall–Kier alpha value is -1.90. The topological polar surface area (TPSA) is 30.2 Å². The van der Waals surface area contributed by atoms with E-state index in [2.05, 4.69) is 40.5 Å². The van der Waals surface area contributed by atoms with E-state index in [-0.39, 0.29) is 0 Å². The highest BCUT2D eigenvalue weighted by atomic mass is 15.1. The van der Waals surface area contributed by atoms with Gasteiger partial charge < -0.3 is 4.57 Å². The molecule has 0 saturated heterocycles. The predicted molar refractivity (Wildman–Crippen MR) is 68.3 cm³/mol. The van der Waals surface area contributed by atoms with Gasteiger partial charge in [0.2, 0.25) is 5.62 Å². The Labute approximate surface area is 101 Å². The van der Waals surface area contributed by atoms with Gasteiger partial charge in [0.15, 0.2) is 0 Å². The molecule has 3 heteroatoms. The van der Waals surface area contributed by atoms with Crippen molar-refractivity contribution in [1.82, 2.24) is 9.55 Å². The molecule has 0 N–H and O–H groups in total. The molecular weight excluding hydrogens is 210 g/mol. The first kappa shape index (κ1) is 11.6. The minimum absolute atomic E-state index is 0.373. The first-order valence-electron chi connectivity index (χ1n) is 5.85. The molecule has 1 heterocycles. The molecule has 2 rings (SSSR count). The van der Waals surface area contributed by atoms with Crippen LogP contribution in [0.15, 0.2) is 53.8 Å². The summed E-state index contributed by atoms with van der Waals surface area (Å²) in [5, 5.41) is 0. The maximum absolute atomic E-state index is 4.55. The van der Waals surface area contributed by atoms with Gasteiger partial charge in [0.05, 0.1) is 6.54 Å². The van der Waals surface area contributed by atoms with Gasteiger partial charge in [-0.15, -0.1) is 0 Å². The van der Waals surface area contributed by atoms with Crippen molar-refractivity contribution in [1.29, 1.82) is 0 Å². The summed E-state index contributed by atoms with van der Waals surface area (Å²) in [6.45, 7) is 4.93. The molecule has 0 atom stereocenters. The molecule has 2 aromatic rings. The number of aromatic nitrogens is 2. The van der Waals surface area contributed by atoms with Gasteiger partial charge in [-0.25, -0.2) is 9.98 Å². The molecule has 88 valence electrons. The van der Waals surface area contributed by atoms with E-state index in [1.54, 1.807) is 6.20 Å². The molecule has 0 spiro atoms. The van der Waals surface area contributed by atoms with Gasteiger partial charge in [-0.1, -0.05) is 30.3 Å². The summed E-state index contributed by atoms with van der Waals surface area (Å²) in [5.74, 6) is 0. The Bertz CT molecular complexity index is 526. The third-order valence-electron chi connectivity index (χ3n) is 2.56. The molecule has 0 unspecified atom stereocenters. The Kier molecular flexibility index (Phi) is 3.70. The Morgan fingerprint density at radius 1 is 1.18 bits per heavy atom. The van der Waals surface area contributed by atoms with Gasteiger partial charge in [-0.2, -0.15) is 0 Å². The predicted octanol–water partition coefficient (Wildman–Crippen LogP) is 2.56. The lowest BCUT2D eigenvalue weighted by Gasteiger charge is -2.09. The molecule has 0 aliphatic heterocycles. The third-order valence-corrected chi connectivity index (χ3v) is 2.56. The first-order valence-corrected chi connectivity index (χ1v) is 5.85. The summed E-state index contributed by atoms with van der Waals surface area (Å²) in [4.78, 5) is 8.86. The number of rotatable bonds is 3. The molecule has 0 bridgehead atoms. The lowest BCUT2D eigenvalue weighted by atomic mass is 10.2. The maximum Gasteiger partial charge on any atom is 0.225 e. The maximum atomic E-state index is 4.55. The molecule has 0 saturated carbocycles. The van der Waals surface area contributed by atoms with Crippen molar-refractivity contribution in [2.75, 3.05) is 0 Å². The van der Waals surface area contributed by atoms with E-state index in [0.717, 1.165) is 5.62 Å². The summed E-state index contributed by atoms with van der Waals surface area (Å²) >= 11 is 0. The average Bonchev–Trinajstić information content (AvgIpc) is 2.38. The quantitative estimate of drug-likeness (QED) is 0.792. The Morgan fingerprint density at radius 2 is 1.94 bits per heavy atom. The zero-order chi connectivity index (χ0) is 12.1. The van der Waals surface area contributed by atoms with Crippen LogP contribution < -0.4 is 5.62 Å². The number of hydrogen-bond acceptors (Lipinski definition) is 2. The normalized spacial score (nSPS) is 12.1. The standard InChI is InChI=1S/C14H17N3/c1-12(2)17-10-6-9-15-14(17)16-11-13-7-4-3-5-8-13/h3-10,12H,11H2,1-2H3. The summed E-state index contributed by atoms with van der Waals surface area (Å²) in [6.07, 6.45) is 3.80. The van der Waals surface area contributed by atoms with E-state index in [1.807, 2.05) is 30.5 Å². The van der Waals surface area contributed by atoms with Crippen LogP contribution in [-0.4, -0.2) is 9.55 Å². The molecular formula is C14H17N3. The monoisotopic (exact) mass is 227 g/mol. The van der Waals surface area contributed by atoms with Gasteiger partial charge in [0, 0.05) is 18.4 Å². The molecule has 17 heavy (non-hydrogen) atoms. The highest BCUT2D eigenvalue weighted by Gasteiger charge is 1.97. The van der Waals surface area contributed by atoms with Crippen molar-refractivity contribution in [3.8, 4) is 0 Å². The van der Waals surface area contributed by atoms with E-state index in [1.165, 1.54) is 5.56 Å². The Morgan fingerprint density at radius 3 is 2.65 bits per heavy atom. The van der Waals surface area contributed by atoms with Crippen molar-refractivity contribution in [3.63, 3.8) is 0 Å². The molecule has 3 nitrogen and oxygen atoms in total. The van der Waals surface area contributed by atoms with Crippen LogP contribution in [0.25, 0.3) is 0 Å². The summed E-state index contributed by atoms with van der Waals surface area (Å²) in [7, 11) is 0. The van der Waals surface area contributed by atoms with Crippen LogP contribution in [-0.2, 0) is 6.54 Å². The highest BCUT2D eigenvalue weighted by Crippen LogP contribution is 2.00. The van der Waals surface area contributed by atoms with Gasteiger partial charge in [0.25, 0.3) is 0 Å². The highest BCUT2D eigenvalue weighted by molar-refractivity contribution is 5.14. The van der Waals surface area contributed by atoms with E-state index in [4.69, 9.17) is 0 Å². The van der Waals surface area contributed by atoms with E-state index in [9.17, 15) is 0 Å². The Balaban J connectivity index is 2.28. The van der Waals surface area contributed by atoms with Gasteiger partial charge in [-0.05, 0) is 25.5 Å². The minimum atomic E-state index is 0.373. The SMILES string of the molecule is CC(C)n1cccnc1=NCc1ccccc1. The fraction of sp³-hybridized carbons (Fsp3) is 0.286. The van der Waals surface area contributed by atoms with Gasteiger partial charge in [0.1, 0.15) is 0 Å². The second kappa shape index (κ2) is 5.43. The first-order chi connectivity index (χ1) is 8.27. The van der Waals surface area contributed by atoms with Crippen molar-refractivity contribution in [3.05, 3.63) is 60.0 Å². The molecule has 0 fully saturated rings. The lowest BCUT2D eigenvalue weighted by Crippen LogP contribution is -2.25. The summed E-state index contributed by atoms with van der Waals surface area (Å²) in [6, 6.07) is 12.5. The van der Waals surface area contributed by atoms with Gasteiger partial charge in [-0.3, -0.25) is 0 Å². The van der Waals surface area contributed by atoms with Crippen LogP contribution in [0, 0.1) is 0 Å². The second-order valence-electron chi connectivity index (χ2n) is 4.22. The van der Waals surface area contributed by atoms with E-state index >= 15 is 0 Å². The number of nitrogens with zero attached hydrogens (tertiary/aromatic N) is 3. The minimum Gasteiger partial charge on any atom is -0.315 e. The molecule has 0 aliphatic carbocycles. The number of benzene rings is 1. The fourth-order valence-corrected chi connectivity index (χ4v) is 1.65.